The van der Waals surface area contributed by atoms with Crippen LogP contribution in [-0.4, -0.2) is 68.6 Å². The lowest BCUT2D eigenvalue weighted by atomic mass is 9.67. The fourth-order valence-corrected chi connectivity index (χ4v) is 9.79. The van der Waals surface area contributed by atoms with E-state index in [-0.39, 0.29) is 40.2 Å². The Hall–Kier alpha value is -3.47. The highest BCUT2D eigenvalue weighted by Crippen LogP contribution is 2.47. The lowest BCUT2D eigenvalue weighted by molar-refractivity contribution is 0.00601. The Morgan fingerprint density at radius 2 is 1.92 bits per heavy atom. The van der Waals surface area contributed by atoms with E-state index in [9.17, 15) is 13.2 Å². The number of esters is 1. The molecule has 1 aromatic heterocycles. The largest absolute Gasteiger partial charge is 0.490 e. The number of carbonyl (C=O) groups is 1. The summed E-state index contributed by atoms with van der Waals surface area (Å²) in [7, 11) is -1.80. The van der Waals surface area contributed by atoms with Gasteiger partial charge in [-0.05, 0) is 137 Å². The summed E-state index contributed by atoms with van der Waals surface area (Å²) < 4.78 is 44.3. The molecule has 2 aliphatic carbocycles. The van der Waals surface area contributed by atoms with E-state index < -0.39 is 15.4 Å². The van der Waals surface area contributed by atoms with Gasteiger partial charge in [0.2, 0.25) is 15.0 Å². The summed E-state index contributed by atoms with van der Waals surface area (Å²) in [6.07, 6.45) is 10.5. The molecule has 11 heteroatoms. The Balaban J connectivity index is 1.25. The third kappa shape index (κ3) is 8.50. The molecule has 1 unspecified atom stereocenters. The number of halogens is 1. The summed E-state index contributed by atoms with van der Waals surface area (Å²) in [5.41, 5.74) is 4.25. The molecule has 3 aliphatic rings. The van der Waals surface area contributed by atoms with Crippen molar-refractivity contribution in [3.63, 3.8) is 0 Å². The van der Waals surface area contributed by atoms with Gasteiger partial charge < -0.3 is 19.1 Å². The molecule has 280 valence electrons. The molecular formula is C41H52ClN3O6S. The molecule has 6 rings (SSSR count). The van der Waals surface area contributed by atoms with Gasteiger partial charge >= 0.3 is 5.97 Å². The van der Waals surface area contributed by atoms with Crippen molar-refractivity contribution in [2.24, 2.45) is 17.8 Å². The van der Waals surface area contributed by atoms with Crippen LogP contribution in [0, 0.1) is 17.8 Å². The fraction of sp³-hybridized carbons (Fsp3) is 0.537. The van der Waals surface area contributed by atoms with Gasteiger partial charge in [-0.15, -0.1) is 0 Å². The highest BCUT2D eigenvalue weighted by Gasteiger charge is 2.45. The van der Waals surface area contributed by atoms with Gasteiger partial charge in [0, 0.05) is 43.0 Å². The molecule has 2 heterocycles. The Morgan fingerprint density at radius 3 is 2.62 bits per heavy atom. The highest BCUT2D eigenvalue weighted by atomic mass is 35.5. The summed E-state index contributed by atoms with van der Waals surface area (Å²) in [6.45, 7) is 11.8. The molecule has 2 aromatic carbocycles. The zero-order chi connectivity index (χ0) is 37.3. The van der Waals surface area contributed by atoms with Gasteiger partial charge in [-0.25, -0.2) is 23.2 Å². The van der Waals surface area contributed by atoms with Gasteiger partial charge in [0.25, 0.3) is 0 Å². The number of sulfone groups is 1. The minimum atomic E-state index is -3.56. The van der Waals surface area contributed by atoms with Gasteiger partial charge in [-0.3, -0.25) is 0 Å². The molecule has 52 heavy (non-hydrogen) atoms. The topological polar surface area (TPSA) is 108 Å². The van der Waals surface area contributed by atoms with Crippen LogP contribution in [0.25, 0.3) is 0 Å². The van der Waals surface area contributed by atoms with Crippen LogP contribution >= 0.6 is 11.6 Å². The number of anilines is 1. The number of ether oxygens (including phenoxy) is 3. The SMILES string of the molecule is CO[C@H](/C(C)=C/C(C)CCS(=O)(=O)c1ncccn1)[C@@H]1CC[C@H]1CN1C[C@@]2(CCCc3cc(Cl)ccc32)COc2ccc(C(=O)OC(C)(C)C)cc21. The molecule has 9 nitrogen and oxygen atoms in total. The molecule has 3 aromatic rings. The van der Waals surface area contributed by atoms with Crippen LogP contribution in [0.2, 0.25) is 5.02 Å². The first kappa shape index (κ1) is 38.3. The first-order valence-electron chi connectivity index (χ1n) is 18.4. The average Bonchev–Trinajstić information content (AvgIpc) is 3.24. The number of hydrogen-bond donors (Lipinski definition) is 0. The van der Waals surface area contributed by atoms with Crippen molar-refractivity contribution < 1.29 is 27.4 Å². The predicted molar refractivity (Wildman–Crippen MR) is 204 cm³/mol. The quantitative estimate of drug-likeness (QED) is 0.109. The van der Waals surface area contributed by atoms with Gasteiger partial charge in [-0.1, -0.05) is 30.7 Å². The molecule has 0 radical (unpaired) electrons. The van der Waals surface area contributed by atoms with Crippen molar-refractivity contribution in [1.29, 1.82) is 0 Å². The van der Waals surface area contributed by atoms with Crippen LogP contribution < -0.4 is 9.64 Å². The van der Waals surface area contributed by atoms with Crippen molar-refractivity contribution in [2.75, 3.05) is 37.5 Å². The van der Waals surface area contributed by atoms with Crippen molar-refractivity contribution in [3.05, 3.63) is 88.2 Å². The van der Waals surface area contributed by atoms with Crippen LogP contribution in [0.3, 0.4) is 0 Å². The van der Waals surface area contributed by atoms with Gasteiger partial charge in [0.1, 0.15) is 11.4 Å². The van der Waals surface area contributed by atoms with Crippen LogP contribution in [0.4, 0.5) is 5.69 Å². The summed E-state index contributed by atoms with van der Waals surface area (Å²) >= 11 is 6.47. The predicted octanol–water partition coefficient (Wildman–Crippen LogP) is 8.05. The van der Waals surface area contributed by atoms with E-state index in [4.69, 9.17) is 25.8 Å². The number of rotatable bonds is 11. The first-order chi connectivity index (χ1) is 24.7. The molecule has 1 aliphatic heterocycles. The zero-order valence-corrected chi connectivity index (χ0v) is 32.8. The Labute approximate surface area is 314 Å². The van der Waals surface area contributed by atoms with Crippen LogP contribution in [-0.2, 0) is 31.1 Å². The van der Waals surface area contributed by atoms with Gasteiger partial charge in [-0.2, -0.15) is 0 Å². The van der Waals surface area contributed by atoms with Crippen LogP contribution in [0.5, 0.6) is 5.75 Å². The Kier molecular flexibility index (Phi) is 11.4. The number of aromatic nitrogens is 2. The first-order valence-corrected chi connectivity index (χ1v) is 20.5. The van der Waals surface area contributed by atoms with E-state index in [1.165, 1.54) is 23.5 Å². The molecule has 0 saturated heterocycles. The van der Waals surface area contributed by atoms with E-state index in [1.54, 1.807) is 19.2 Å². The lowest BCUT2D eigenvalue weighted by Gasteiger charge is -2.46. The van der Waals surface area contributed by atoms with Gasteiger partial charge in [0.05, 0.1) is 29.7 Å². The van der Waals surface area contributed by atoms with E-state index in [1.807, 2.05) is 45.9 Å². The van der Waals surface area contributed by atoms with Crippen LogP contribution in [0.1, 0.15) is 88.2 Å². The number of nitrogens with zero attached hydrogens (tertiary/aromatic N) is 3. The molecule has 1 fully saturated rings. The van der Waals surface area contributed by atoms with Crippen molar-refractivity contribution in [1.82, 2.24) is 9.97 Å². The Morgan fingerprint density at radius 1 is 1.15 bits per heavy atom. The van der Waals surface area contributed by atoms with Gasteiger partial charge in [0.15, 0.2) is 0 Å². The van der Waals surface area contributed by atoms with Crippen molar-refractivity contribution in [3.8, 4) is 5.75 Å². The zero-order valence-electron chi connectivity index (χ0n) is 31.2. The maximum atomic E-state index is 13.3. The lowest BCUT2D eigenvalue weighted by Crippen LogP contribution is -2.50. The smallest absolute Gasteiger partial charge is 0.338 e. The summed E-state index contributed by atoms with van der Waals surface area (Å²) in [4.78, 5) is 23.6. The second-order valence-corrected chi connectivity index (χ2v) is 18.4. The summed E-state index contributed by atoms with van der Waals surface area (Å²) in [5.74, 6) is 1.03. The van der Waals surface area contributed by atoms with Crippen molar-refractivity contribution >= 4 is 33.1 Å². The van der Waals surface area contributed by atoms with E-state index in [0.717, 1.165) is 67.2 Å². The third-order valence-corrected chi connectivity index (χ3v) is 12.7. The second-order valence-electron chi connectivity index (χ2n) is 16.0. The molecular weight excluding hydrogens is 698 g/mol. The number of aryl methyl sites for hydroxylation is 1. The average molecular weight is 750 g/mol. The highest BCUT2D eigenvalue weighted by molar-refractivity contribution is 7.91. The molecule has 1 saturated carbocycles. The number of methoxy groups -OCH3 is 1. The van der Waals surface area contributed by atoms with Crippen molar-refractivity contribution in [2.45, 2.75) is 95.4 Å². The van der Waals surface area contributed by atoms with E-state index >= 15 is 0 Å². The van der Waals surface area contributed by atoms with Crippen LogP contribution in [0.15, 0.2) is 71.7 Å². The molecule has 0 N–H and O–H groups in total. The minimum absolute atomic E-state index is 0.0233. The number of fused-ring (bicyclic) bond motifs is 3. The van der Waals surface area contributed by atoms with E-state index in [2.05, 4.69) is 40.0 Å². The second kappa shape index (κ2) is 15.5. The monoisotopic (exact) mass is 749 g/mol. The maximum absolute atomic E-state index is 13.3. The molecule has 1 spiro atoms. The standard InChI is InChI=1S/C41H52ClN3O6S/c1-27(16-20-52(47,48)39-43-18-8-19-44-39)21-28(2)37(49-6)33-13-10-31(33)24-45-25-41(17-7-9-29-22-32(42)12-14-34(29)41)26-50-36-15-11-30(23-35(36)45)38(46)51-40(3,4)5/h8,11-12,14-15,18-19,21-23,27,31,33,37H,7,9-10,13,16-17,20,24-26H2,1-6H3/b28-21+/t27?,31-,33+,37+,41-/m0/s1. The number of carbonyl (C=O) groups excluding carboxylic acids is 1. The minimum Gasteiger partial charge on any atom is -0.490 e. The number of benzene rings is 2. The fourth-order valence-electron chi connectivity index (χ4n) is 8.28. The summed E-state index contributed by atoms with van der Waals surface area (Å²) in [5, 5.41) is 0.621. The molecule has 0 bridgehead atoms. The maximum Gasteiger partial charge on any atom is 0.338 e. The Bertz CT molecular complexity index is 1900. The normalized spacial score (nSPS) is 23.1. The third-order valence-electron chi connectivity index (χ3n) is 10.9. The number of hydrogen-bond acceptors (Lipinski definition) is 9. The summed E-state index contributed by atoms with van der Waals surface area (Å²) in [6, 6.07) is 13.5. The molecule has 0 amide bonds. The molecule has 5 atom stereocenters. The number of allylic oxidation sites excluding steroid dienone is 1. The van der Waals surface area contributed by atoms with E-state index in [0.29, 0.717) is 24.5 Å².